The van der Waals surface area contributed by atoms with Crippen molar-refractivity contribution < 1.29 is 4.74 Å². The molecule has 0 radical (unpaired) electrons. The lowest BCUT2D eigenvalue weighted by Crippen LogP contribution is -2.40. The number of aliphatic imine (C=N–C) groups is 1. The summed E-state index contributed by atoms with van der Waals surface area (Å²) >= 11 is 3.51. The summed E-state index contributed by atoms with van der Waals surface area (Å²) in [4.78, 5) is 15.9. The fourth-order valence-electron chi connectivity index (χ4n) is 3.75. The van der Waals surface area contributed by atoms with E-state index < -0.39 is 0 Å². The second-order valence-electron chi connectivity index (χ2n) is 7.93. The van der Waals surface area contributed by atoms with Crippen molar-refractivity contribution in [3.05, 3.63) is 38.5 Å². The van der Waals surface area contributed by atoms with Crippen molar-refractivity contribution in [2.75, 3.05) is 40.3 Å². The average Bonchev–Trinajstić information content (AvgIpc) is 3.43. The van der Waals surface area contributed by atoms with Crippen LogP contribution in [0.1, 0.15) is 48.4 Å². The number of aromatic nitrogens is 1. The number of methoxy groups -OCH3 is 1. The van der Waals surface area contributed by atoms with Crippen LogP contribution in [0, 0.1) is 5.92 Å². The minimum atomic E-state index is 0.0411. The Hall–Kier alpha value is -1.48. The molecule has 2 aromatic rings. The van der Waals surface area contributed by atoms with Gasteiger partial charge in [0, 0.05) is 50.6 Å². The van der Waals surface area contributed by atoms with E-state index in [2.05, 4.69) is 52.0 Å². The molecule has 8 heteroatoms. The Kier molecular flexibility index (Phi) is 9.11. The molecule has 1 aliphatic rings. The fourth-order valence-corrected chi connectivity index (χ4v) is 5.34. The molecule has 0 aliphatic carbocycles. The Morgan fingerprint density at radius 3 is 3.07 bits per heavy atom. The highest BCUT2D eigenvalue weighted by atomic mass is 32.1. The molecular formula is C22H35N5OS2. The van der Waals surface area contributed by atoms with Crippen molar-refractivity contribution in [2.45, 2.75) is 45.9 Å². The van der Waals surface area contributed by atoms with Gasteiger partial charge in [0.15, 0.2) is 5.96 Å². The Morgan fingerprint density at radius 1 is 1.47 bits per heavy atom. The maximum absolute atomic E-state index is 5.38. The van der Waals surface area contributed by atoms with Gasteiger partial charge in [-0.2, -0.15) is 0 Å². The first-order valence-electron chi connectivity index (χ1n) is 10.8. The van der Waals surface area contributed by atoms with Gasteiger partial charge in [-0.05, 0) is 50.6 Å². The predicted molar refractivity (Wildman–Crippen MR) is 127 cm³/mol. The van der Waals surface area contributed by atoms with Gasteiger partial charge in [-0.3, -0.25) is 9.89 Å². The molecule has 6 nitrogen and oxygen atoms in total. The van der Waals surface area contributed by atoms with E-state index in [0.717, 1.165) is 49.4 Å². The second-order valence-corrected chi connectivity index (χ2v) is 9.85. The van der Waals surface area contributed by atoms with Crippen LogP contribution in [0.5, 0.6) is 0 Å². The molecule has 1 aliphatic heterocycles. The number of hydrogen-bond donors (Lipinski definition) is 1. The third-order valence-corrected chi connectivity index (χ3v) is 7.34. The monoisotopic (exact) mass is 449 g/mol. The number of ether oxygens (including phenoxy) is 1. The van der Waals surface area contributed by atoms with Crippen LogP contribution in [0.4, 0.5) is 0 Å². The predicted octanol–water partition coefficient (Wildman–Crippen LogP) is 4.22. The summed E-state index contributed by atoms with van der Waals surface area (Å²) in [6.07, 6.45) is 2.56. The average molecular weight is 450 g/mol. The molecule has 0 bridgehead atoms. The van der Waals surface area contributed by atoms with Gasteiger partial charge in [0.05, 0.1) is 12.2 Å². The Morgan fingerprint density at radius 2 is 2.33 bits per heavy atom. The molecule has 1 fully saturated rings. The molecule has 3 heterocycles. The lowest BCUT2D eigenvalue weighted by molar-refractivity contribution is 0.119. The van der Waals surface area contributed by atoms with Gasteiger partial charge in [-0.1, -0.05) is 6.07 Å². The maximum atomic E-state index is 5.38. The Labute approximate surface area is 189 Å². The van der Waals surface area contributed by atoms with Crippen LogP contribution in [-0.4, -0.2) is 61.1 Å². The first-order valence-corrected chi connectivity index (χ1v) is 12.6. The van der Waals surface area contributed by atoms with Crippen molar-refractivity contribution >= 4 is 28.6 Å². The maximum Gasteiger partial charge on any atom is 0.194 e. The van der Waals surface area contributed by atoms with Crippen LogP contribution < -0.4 is 5.32 Å². The summed E-state index contributed by atoms with van der Waals surface area (Å²) in [5.74, 6) is 1.58. The van der Waals surface area contributed by atoms with E-state index in [1.165, 1.54) is 24.3 Å². The van der Waals surface area contributed by atoms with Crippen LogP contribution in [0.2, 0.25) is 0 Å². The van der Waals surface area contributed by atoms with E-state index in [0.29, 0.717) is 5.92 Å². The van der Waals surface area contributed by atoms with Gasteiger partial charge >= 0.3 is 0 Å². The Bertz CT molecular complexity index is 776. The summed E-state index contributed by atoms with van der Waals surface area (Å²) in [6.45, 7) is 10.0. The molecule has 0 saturated carbocycles. The zero-order valence-corrected chi connectivity index (χ0v) is 20.3. The van der Waals surface area contributed by atoms with Crippen LogP contribution in [0.3, 0.4) is 0 Å². The summed E-state index contributed by atoms with van der Waals surface area (Å²) in [7, 11) is 3.81. The van der Waals surface area contributed by atoms with Gasteiger partial charge in [0.25, 0.3) is 0 Å². The van der Waals surface area contributed by atoms with Crippen molar-refractivity contribution in [2.24, 2.45) is 10.9 Å². The molecule has 30 heavy (non-hydrogen) atoms. The summed E-state index contributed by atoms with van der Waals surface area (Å²) in [5.41, 5.74) is 1.06. The number of piperidine rings is 1. The first-order chi connectivity index (χ1) is 14.6. The normalized spacial score (nSPS) is 19.1. The third-order valence-electron chi connectivity index (χ3n) is 5.43. The number of thiazole rings is 1. The third kappa shape index (κ3) is 6.77. The molecular weight excluding hydrogens is 414 g/mol. The molecule has 2 atom stereocenters. The van der Waals surface area contributed by atoms with E-state index in [-0.39, 0.29) is 6.10 Å². The number of nitrogens with one attached hydrogen (secondary N) is 1. The van der Waals surface area contributed by atoms with Crippen molar-refractivity contribution in [1.29, 1.82) is 0 Å². The van der Waals surface area contributed by atoms with E-state index in [1.807, 2.05) is 18.3 Å². The van der Waals surface area contributed by atoms with Crippen LogP contribution >= 0.6 is 22.7 Å². The smallest absolute Gasteiger partial charge is 0.194 e. The number of hydrogen-bond acceptors (Lipinski definition) is 6. The van der Waals surface area contributed by atoms with Crippen molar-refractivity contribution in [1.82, 2.24) is 20.1 Å². The topological polar surface area (TPSA) is 53.0 Å². The quantitative estimate of drug-likeness (QED) is 0.459. The van der Waals surface area contributed by atoms with Crippen molar-refractivity contribution in [3.8, 4) is 0 Å². The molecule has 0 amide bonds. The highest BCUT2D eigenvalue weighted by Gasteiger charge is 2.20. The van der Waals surface area contributed by atoms with Crippen LogP contribution in [-0.2, 0) is 17.8 Å². The van der Waals surface area contributed by atoms with Crippen LogP contribution in [0.25, 0.3) is 0 Å². The fraction of sp³-hybridized carbons (Fsp3) is 0.636. The highest BCUT2D eigenvalue weighted by Crippen LogP contribution is 2.22. The zero-order valence-electron chi connectivity index (χ0n) is 18.6. The molecule has 166 valence electrons. The van der Waals surface area contributed by atoms with Crippen molar-refractivity contribution in [3.63, 3.8) is 0 Å². The zero-order chi connectivity index (χ0) is 21.3. The first kappa shape index (κ1) is 23.2. The molecule has 2 aromatic heterocycles. The minimum absolute atomic E-state index is 0.0411. The van der Waals surface area contributed by atoms with Gasteiger partial charge in [0.2, 0.25) is 0 Å². The second kappa shape index (κ2) is 11.8. The largest absolute Gasteiger partial charge is 0.375 e. The number of nitrogens with zero attached hydrogens (tertiary/aromatic N) is 4. The van der Waals surface area contributed by atoms with Gasteiger partial charge < -0.3 is 15.0 Å². The van der Waals surface area contributed by atoms with Gasteiger partial charge in [-0.15, -0.1) is 22.7 Å². The van der Waals surface area contributed by atoms with E-state index in [9.17, 15) is 0 Å². The van der Waals surface area contributed by atoms with Gasteiger partial charge in [-0.25, -0.2) is 4.98 Å². The lowest BCUT2D eigenvalue weighted by atomic mass is 9.98. The SMILES string of the molecule is CCNC(=NCC1CCCN(Cc2cccs2)C1)N(C)Cc1csc(C(C)OC)n1. The number of likely N-dealkylation sites (tertiary alicyclic amines) is 1. The molecule has 2 unspecified atom stereocenters. The Balaban J connectivity index is 1.55. The molecule has 1 N–H and O–H groups in total. The molecule has 0 aromatic carbocycles. The van der Waals surface area contributed by atoms with Crippen LogP contribution in [0.15, 0.2) is 27.9 Å². The molecule has 0 spiro atoms. The summed E-state index contributed by atoms with van der Waals surface area (Å²) < 4.78 is 5.38. The van der Waals surface area contributed by atoms with E-state index in [1.54, 1.807) is 18.4 Å². The van der Waals surface area contributed by atoms with Gasteiger partial charge in [0.1, 0.15) is 11.1 Å². The lowest BCUT2D eigenvalue weighted by Gasteiger charge is -2.32. The minimum Gasteiger partial charge on any atom is -0.375 e. The molecule has 1 saturated heterocycles. The number of rotatable bonds is 9. The standard InChI is InChI=1S/C22H35N5OS2/c1-5-23-22(26(3)14-19-16-30-21(25-19)17(2)28-4)24-12-18-8-6-10-27(13-18)15-20-9-7-11-29-20/h7,9,11,16-18H,5-6,8,10,12-15H2,1-4H3,(H,23,24). The summed E-state index contributed by atoms with van der Waals surface area (Å²) in [6, 6.07) is 4.38. The van der Waals surface area contributed by atoms with E-state index >= 15 is 0 Å². The number of thiophene rings is 1. The highest BCUT2D eigenvalue weighted by molar-refractivity contribution is 7.10. The number of guanidine groups is 1. The summed E-state index contributed by atoms with van der Waals surface area (Å²) in [5, 5.41) is 8.76. The van der Waals surface area contributed by atoms with E-state index in [4.69, 9.17) is 14.7 Å². The molecule has 3 rings (SSSR count).